The molecule has 1 aromatic carbocycles. The van der Waals surface area contributed by atoms with Crippen LogP contribution in [0.5, 0.6) is 0 Å². The van der Waals surface area contributed by atoms with Crippen molar-refractivity contribution < 1.29 is 0 Å². The maximum atomic E-state index is 6.24. The molecule has 2 bridgehead atoms. The average Bonchev–Trinajstić information content (AvgIpc) is 2.34. The van der Waals surface area contributed by atoms with E-state index < -0.39 is 0 Å². The molecule has 2 nitrogen and oxygen atoms in total. The lowest BCUT2D eigenvalue weighted by molar-refractivity contribution is 0.0975. The Morgan fingerprint density at radius 1 is 1.29 bits per heavy atom. The fraction of sp³-hybridized carbons (Fsp3) is 0.538. The Balaban J connectivity index is 1.74. The first-order chi connectivity index (χ1) is 8.22. The van der Waals surface area contributed by atoms with Gasteiger partial charge in [0, 0.05) is 17.1 Å². The van der Waals surface area contributed by atoms with Gasteiger partial charge in [0.1, 0.15) is 0 Å². The minimum atomic E-state index is 0.566. The van der Waals surface area contributed by atoms with Crippen LogP contribution >= 0.6 is 27.5 Å². The molecule has 4 heteroatoms. The second-order valence-electron chi connectivity index (χ2n) is 5.01. The quantitative estimate of drug-likeness (QED) is 0.897. The third-order valence-electron chi connectivity index (χ3n) is 3.93. The van der Waals surface area contributed by atoms with E-state index in [0.29, 0.717) is 6.04 Å². The molecule has 0 aliphatic carbocycles. The molecule has 1 aromatic rings. The first kappa shape index (κ1) is 11.8. The lowest BCUT2D eigenvalue weighted by atomic mass is 9.84. The predicted octanol–water partition coefficient (Wildman–Crippen LogP) is 3.61. The zero-order chi connectivity index (χ0) is 11.8. The lowest BCUT2D eigenvalue weighted by Crippen LogP contribution is -2.53. The summed E-state index contributed by atoms with van der Waals surface area (Å²) in [4.78, 5) is 2.55. The number of piperidine rings is 3. The van der Waals surface area contributed by atoms with E-state index in [0.717, 1.165) is 27.6 Å². The monoisotopic (exact) mass is 314 g/mol. The molecule has 3 fully saturated rings. The summed E-state index contributed by atoms with van der Waals surface area (Å²) in [7, 11) is 0. The van der Waals surface area contributed by atoms with E-state index in [1.165, 1.54) is 25.9 Å². The van der Waals surface area contributed by atoms with Crippen LogP contribution in [0.15, 0.2) is 22.7 Å². The molecule has 0 amide bonds. The molecule has 1 unspecified atom stereocenters. The Bertz CT molecular complexity index is 416. The highest BCUT2D eigenvalue weighted by Gasteiger charge is 2.34. The molecule has 3 aliphatic heterocycles. The Morgan fingerprint density at radius 2 is 2.06 bits per heavy atom. The van der Waals surface area contributed by atoms with E-state index in [-0.39, 0.29) is 0 Å². The summed E-state index contributed by atoms with van der Waals surface area (Å²) in [5, 5.41) is 4.42. The summed E-state index contributed by atoms with van der Waals surface area (Å²) in [6.07, 6.45) is 2.65. The van der Waals surface area contributed by atoms with E-state index in [9.17, 15) is 0 Å². The van der Waals surface area contributed by atoms with Crippen LogP contribution in [-0.4, -0.2) is 30.6 Å². The Labute approximate surface area is 115 Å². The van der Waals surface area contributed by atoms with Gasteiger partial charge in [-0.2, -0.15) is 0 Å². The average molecular weight is 316 g/mol. The van der Waals surface area contributed by atoms with Gasteiger partial charge in [-0.3, -0.25) is 0 Å². The van der Waals surface area contributed by atoms with Crippen molar-refractivity contribution in [3.63, 3.8) is 0 Å². The minimum absolute atomic E-state index is 0.566. The van der Waals surface area contributed by atoms with Crippen LogP contribution in [0.2, 0.25) is 5.02 Å². The highest BCUT2D eigenvalue weighted by atomic mass is 79.9. The Morgan fingerprint density at radius 3 is 2.65 bits per heavy atom. The molecule has 1 atom stereocenters. The smallest absolute Gasteiger partial charge is 0.0648 e. The van der Waals surface area contributed by atoms with Crippen LogP contribution in [0, 0.1) is 5.92 Å². The van der Waals surface area contributed by atoms with Gasteiger partial charge in [-0.1, -0.05) is 27.5 Å². The number of rotatable bonds is 2. The summed E-state index contributed by atoms with van der Waals surface area (Å²) in [6.45, 7) is 3.71. The number of halogens is 2. The van der Waals surface area contributed by atoms with Crippen molar-refractivity contribution in [2.24, 2.45) is 5.92 Å². The molecule has 0 radical (unpaired) electrons. The molecule has 3 heterocycles. The van der Waals surface area contributed by atoms with Crippen LogP contribution in [0.3, 0.4) is 0 Å². The number of anilines is 1. The number of benzene rings is 1. The molecule has 0 spiro atoms. The van der Waals surface area contributed by atoms with Crippen molar-refractivity contribution in [1.29, 1.82) is 0 Å². The fourth-order valence-electron chi connectivity index (χ4n) is 2.93. The van der Waals surface area contributed by atoms with Gasteiger partial charge in [-0.25, -0.2) is 0 Å². The Hall–Kier alpha value is -0.250. The summed E-state index contributed by atoms with van der Waals surface area (Å²) in [5.41, 5.74) is 1.06. The van der Waals surface area contributed by atoms with Crippen molar-refractivity contribution in [3.8, 4) is 0 Å². The molecular weight excluding hydrogens is 300 g/mol. The van der Waals surface area contributed by atoms with Crippen LogP contribution in [0.4, 0.5) is 5.69 Å². The topological polar surface area (TPSA) is 15.3 Å². The third-order valence-corrected chi connectivity index (χ3v) is 4.73. The highest BCUT2D eigenvalue weighted by Crippen LogP contribution is 2.32. The van der Waals surface area contributed by atoms with Crippen molar-refractivity contribution in [2.75, 3.05) is 25.0 Å². The minimum Gasteiger partial charge on any atom is -0.380 e. The first-order valence-corrected chi connectivity index (χ1v) is 7.33. The van der Waals surface area contributed by atoms with Gasteiger partial charge in [0.05, 0.1) is 10.7 Å². The molecule has 3 aliphatic rings. The number of hydrogen-bond donors (Lipinski definition) is 1. The van der Waals surface area contributed by atoms with Crippen LogP contribution in [0.1, 0.15) is 12.8 Å². The van der Waals surface area contributed by atoms with Crippen LogP contribution in [-0.2, 0) is 0 Å². The van der Waals surface area contributed by atoms with Gasteiger partial charge < -0.3 is 10.2 Å². The molecule has 4 rings (SSSR count). The number of hydrogen-bond acceptors (Lipinski definition) is 2. The largest absolute Gasteiger partial charge is 0.380 e. The van der Waals surface area contributed by atoms with Gasteiger partial charge >= 0.3 is 0 Å². The highest BCUT2D eigenvalue weighted by molar-refractivity contribution is 9.10. The van der Waals surface area contributed by atoms with Gasteiger partial charge in [0.2, 0.25) is 0 Å². The molecule has 17 heavy (non-hydrogen) atoms. The molecule has 0 aromatic heterocycles. The molecule has 1 N–H and O–H groups in total. The van der Waals surface area contributed by atoms with Crippen molar-refractivity contribution in [2.45, 2.75) is 18.9 Å². The zero-order valence-corrected chi connectivity index (χ0v) is 12.0. The summed E-state index contributed by atoms with van der Waals surface area (Å²) >= 11 is 9.68. The number of nitrogens with one attached hydrogen (secondary N) is 1. The van der Waals surface area contributed by atoms with E-state index in [1.807, 2.05) is 12.1 Å². The number of fused-ring (bicyclic) bond motifs is 3. The summed E-state index contributed by atoms with van der Waals surface area (Å²) in [5.74, 6) is 0.819. The number of nitrogens with zero attached hydrogens (tertiary/aromatic N) is 1. The maximum Gasteiger partial charge on any atom is 0.0648 e. The fourth-order valence-corrected chi connectivity index (χ4v) is 3.66. The van der Waals surface area contributed by atoms with Crippen LogP contribution in [0.25, 0.3) is 0 Å². The van der Waals surface area contributed by atoms with E-state index >= 15 is 0 Å². The van der Waals surface area contributed by atoms with Gasteiger partial charge in [-0.05, 0) is 50.0 Å². The van der Waals surface area contributed by atoms with Gasteiger partial charge in [0.15, 0.2) is 0 Å². The zero-order valence-electron chi connectivity index (χ0n) is 9.63. The normalized spacial score (nSPS) is 31.5. The third kappa shape index (κ3) is 2.47. The van der Waals surface area contributed by atoms with E-state index in [4.69, 9.17) is 11.6 Å². The van der Waals surface area contributed by atoms with Crippen molar-refractivity contribution >= 4 is 33.2 Å². The molecular formula is C13H16BrClN2. The molecule has 3 saturated heterocycles. The standard InChI is InChI=1S/C13H16BrClN2/c14-10-1-2-12(11(15)7-10)16-13-8-17-5-3-9(13)4-6-17/h1-2,7,9,13,16H,3-6,8H2. The summed E-state index contributed by atoms with van der Waals surface area (Å²) in [6, 6.07) is 6.61. The first-order valence-electron chi connectivity index (χ1n) is 6.16. The summed E-state index contributed by atoms with van der Waals surface area (Å²) < 4.78 is 1.03. The lowest BCUT2D eigenvalue weighted by Gasteiger charge is -2.45. The predicted molar refractivity (Wildman–Crippen MR) is 75.7 cm³/mol. The molecule has 0 saturated carbocycles. The SMILES string of the molecule is Clc1cc(Br)ccc1NC1CN2CCC1CC2. The van der Waals surface area contributed by atoms with Crippen molar-refractivity contribution in [3.05, 3.63) is 27.7 Å². The van der Waals surface area contributed by atoms with Crippen LogP contribution < -0.4 is 5.32 Å². The van der Waals surface area contributed by atoms with Gasteiger partial charge in [0.25, 0.3) is 0 Å². The second-order valence-corrected chi connectivity index (χ2v) is 6.34. The van der Waals surface area contributed by atoms with Gasteiger partial charge in [-0.15, -0.1) is 0 Å². The maximum absolute atomic E-state index is 6.24. The Kier molecular flexibility index (Phi) is 3.33. The van der Waals surface area contributed by atoms with E-state index in [2.05, 4.69) is 32.2 Å². The second kappa shape index (κ2) is 4.79. The molecule has 92 valence electrons. The van der Waals surface area contributed by atoms with E-state index in [1.54, 1.807) is 0 Å². The van der Waals surface area contributed by atoms with Crippen molar-refractivity contribution in [1.82, 2.24) is 4.90 Å².